The molecule has 3 nitrogen and oxygen atoms in total. The smallest absolute Gasteiger partial charge is 0.174 e. The Morgan fingerprint density at radius 1 is 0.950 bits per heavy atom. The van der Waals surface area contributed by atoms with E-state index in [4.69, 9.17) is 46.4 Å². The maximum atomic E-state index is 10.3. The Balaban J connectivity index is 3.57. The summed E-state index contributed by atoms with van der Waals surface area (Å²) in [6, 6.07) is 3.04. The molecule has 0 amide bonds. The van der Waals surface area contributed by atoms with Gasteiger partial charge < -0.3 is 15.3 Å². The fourth-order valence-electron chi connectivity index (χ4n) is 1.55. The second-order valence-corrected chi connectivity index (χ2v) is 9.64. The van der Waals surface area contributed by atoms with E-state index in [0.717, 1.165) is 0 Å². The molecule has 1 rings (SSSR count). The average molecular weight is 586 g/mol. The van der Waals surface area contributed by atoms with Gasteiger partial charge in [0, 0.05) is 11.1 Å². The van der Waals surface area contributed by atoms with Gasteiger partial charge in [-0.1, -0.05) is 5.56 Å². The van der Waals surface area contributed by atoms with E-state index in [1.54, 1.807) is 52.1 Å². The molecular weight excluding hydrogens is 576 g/mol. The van der Waals surface area contributed by atoms with Crippen LogP contribution in [0.3, 0.4) is 0 Å². The van der Waals surface area contributed by atoms with Crippen LogP contribution in [0.2, 0.25) is 0 Å². The first-order chi connectivity index (χ1) is 8.92. The first-order valence-electron chi connectivity index (χ1n) is 5.15. The van der Waals surface area contributed by atoms with Crippen LogP contribution in [0.4, 0.5) is 0 Å². The third-order valence-corrected chi connectivity index (χ3v) is 7.73. The number of alkyl halides is 6. The van der Waals surface area contributed by atoms with Crippen molar-refractivity contribution < 1.29 is 15.3 Å². The van der Waals surface area contributed by atoms with Crippen molar-refractivity contribution in [3.8, 4) is 5.75 Å². The van der Waals surface area contributed by atoms with Gasteiger partial charge in [-0.25, -0.2) is 0 Å². The van der Waals surface area contributed by atoms with E-state index in [9.17, 15) is 15.3 Å². The Kier molecular flexibility index (Phi) is 6.85. The topological polar surface area (TPSA) is 60.7 Å². The van der Waals surface area contributed by atoms with Crippen LogP contribution in [0.25, 0.3) is 0 Å². The highest BCUT2D eigenvalue weighted by Gasteiger charge is 2.41. The van der Waals surface area contributed by atoms with Gasteiger partial charge in [0.2, 0.25) is 0 Å². The van der Waals surface area contributed by atoms with Crippen LogP contribution in [0.5, 0.6) is 5.75 Å². The Bertz CT molecular complexity index is 465. The van der Waals surface area contributed by atoms with E-state index in [-0.39, 0.29) is 16.9 Å². The number of halogens is 6. The van der Waals surface area contributed by atoms with Crippen LogP contribution in [-0.4, -0.2) is 25.0 Å². The number of phenolic OH excluding ortho intramolecular Hbond substituents is 1. The molecular formula is C11H10Cl4I2O3. The number of benzene rings is 1. The third kappa shape index (κ3) is 3.90. The van der Waals surface area contributed by atoms with Crippen molar-refractivity contribution in [3.05, 3.63) is 28.8 Å². The number of aliphatic hydroxyl groups is 2. The van der Waals surface area contributed by atoms with Gasteiger partial charge >= 0.3 is 0 Å². The molecule has 0 heterocycles. The van der Waals surface area contributed by atoms with Gasteiger partial charge in [0.05, 0.1) is 0 Å². The fourth-order valence-corrected chi connectivity index (χ4v) is 2.84. The Hall–Kier alpha value is 1.56. The molecule has 0 aromatic heterocycles. The lowest BCUT2D eigenvalue weighted by Gasteiger charge is -2.29. The maximum Gasteiger partial charge on any atom is 0.174 e. The summed E-state index contributed by atoms with van der Waals surface area (Å²) in [7, 11) is 0. The van der Waals surface area contributed by atoms with Gasteiger partial charge in [0.25, 0.3) is 0 Å². The van der Waals surface area contributed by atoms with E-state index in [2.05, 4.69) is 0 Å². The van der Waals surface area contributed by atoms with Crippen molar-refractivity contribution in [3.63, 3.8) is 0 Å². The average Bonchev–Trinajstić information content (AvgIpc) is 2.30. The molecule has 20 heavy (non-hydrogen) atoms. The van der Waals surface area contributed by atoms with Crippen molar-refractivity contribution in [2.45, 2.75) is 23.8 Å². The molecule has 0 aliphatic rings. The normalized spacial score (nSPS) is 18.1. The summed E-state index contributed by atoms with van der Waals surface area (Å²) in [5, 5.41) is 30.9. The third-order valence-electron chi connectivity index (χ3n) is 2.59. The molecule has 3 N–H and O–H groups in total. The summed E-state index contributed by atoms with van der Waals surface area (Å²) >= 11 is 26.2. The maximum absolute atomic E-state index is 10.3. The number of hydrogen-bond acceptors (Lipinski definition) is 3. The van der Waals surface area contributed by atoms with Crippen molar-refractivity contribution >= 4 is 91.6 Å². The molecule has 0 radical (unpaired) electrons. The van der Waals surface area contributed by atoms with Gasteiger partial charge in [0.1, 0.15) is 15.4 Å². The van der Waals surface area contributed by atoms with E-state index >= 15 is 0 Å². The second-order valence-electron chi connectivity index (χ2n) is 4.16. The van der Waals surface area contributed by atoms with E-state index < -0.39 is 16.9 Å². The van der Waals surface area contributed by atoms with Crippen LogP contribution >= 0.6 is 91.6 Å². The molecule has 0 saturated heterocycles. The van der Waals surface area contributed by atoms with Crippen molar-refractivity contribution in [1.29, 1.82) is 0 Å². The summed E-state index contributed by atoms with van der Waals surface area (Å²) in [5.74, 6) is -0.359. The van der Waals surface area contributed by atoms with Crippen molar-refractivity contribution in [2.24, 2.45) is 0 Å². The van der Waals surface area contributed by atoms with Crippen molar-refractivity contribution in [1.82, 2.24) is 0 Å². The second kappa shape index (κ2) is 6.98. The predicted molar refractivity (Wildman–Crippen MR) is 99.7 cm³/mol. The van der Waals surface area contributed by atoms with Crippen LogP contribution in [0, 0.1) is 6.92 Å². The molecule has 9 heteroatoms. The molecule has 114 valence electrons. The first-order valence-corrected chi connectivity index (χ1v) is 9.06. The van der Waals surface area contributed by atoms with E-state index in [0.29, 0.717) is 5.56 Å². The monoisotopic (exact) mass is 584 g/mol. The number of rotatable bonds is 4. The lowest BCUT2D eigenvalue weighted by Crippen LogP contribution is -2.29. The number of aryl methyl sites for hydroxylation is 1. The van der Waals surface area contributed by atoms with E-state index in [1.165, 1.54) is 12.1 Å². The minimum Gasteiger partial charge on any atom is -0.507 e. The molecule has 0 aliphatic carbocycles. The SMILES string of the molecule is Cc1cc(C(O)(I)C(Cl)Cl)c(O)c(C(O)(I)C(Cl)Cl)c1. The number of hydrogen-bond donors (Lipinski definition) is 3. The summed E-state index contributed by atoms with van der Waals surface area (Å²) < 4.78 is -3.46. The van der Waals surface area contributed by atoms with Crippen LogP contribution in [0.15, 0.2) is 12.1 Å². The molecule has 1 aromatic rings. The summed E-state index contributed by atoms with van der Waals surface area (Å²) in [6.45, 7) is 1.72. The lowest BCUT2D eigenvalue weighted by molar-refractivity contribution is 0.158. The first kappa shape index (κ1) is 19.6. The van der Waals surface area contributed by atoms with Crippen LogP contribution < -0.4 is 0 Å². The van der Waals surface area contributed by atoms with Gasteiger partial charge in [-0.3, -0.25) is 0 Å². The van der Waals surface area contributed by atoms with Gasteiger partial charge in [-0.2, -0.15) is 0 Å². The molecule has 0 spiro atoms. The Labute approximate surface area is 163 Å². The molecule has 0 aliphatic heterocycles. The zero-order valence-electron chi connectivity index (χ0n) is 9.92. The van der Waals surface area contributed by atoms with Crippen molar-refractivity contribution in [2.75, 3.05) is 0 Å². The molecule has 0 bridgehead atoms. The summed E-state index contributed by atoms with van der Waals surface area (Å²) in [4.78, 5) is -2.37. The molecule has 0 fully saturated rings. The number of phenols is 1. The van der Waals surface area contributed by atoms with Gasteiger partial charge in [-0.05, 0) is 64.2 Å². The van der Waals surface area contributed by atoms with Crippen LogP contribution in [-0.2, 0) is 7.22 Å². The quantitative estimate of drug-likeness (QED) is 0.361. The largest absolute Gasteiger partial charge is 0.507 e. The molecule has 1 aromatic carbocycles. The Morgan fingerprint density at radius 2 is 1.25 bits per heavy atom. The molecule has 2 atom stereocenters. The van der Waals surface area contributed by atoms with Gasteiger partial charge in [-0.15, -0.1) is 46.4 Å². The Morgan fingerprint density at radius 3 is 1.50 bits per heavy atom. The summed E-state index contributed by atoms with van der Waals surface area (Å²) in [5.41, 5.74) is 0.820. The highest BCUT2D eigenvalue weighted by atomic mass is 127. The lowest BCUT2D eigenvalue weighted by atomic mass is 9.98. The number of aromatic hydroxyl groups is 1. The molecule has 0 saturated carbocycles. The minimum atomic E-state index is -1.73. The zero-order chi connectivity index (χ0) is 15.9. The zero-order valence-corrected chi connectivity index (χ0v) is 17.3. The van der Waals surface area contributed by atoms with Crippen LogP contribution in [0.1, 0.15) is 16.7 Å². The summed E-state index contributed by atoms with van der Waals surface area (Å²) in [6.07, 6.45) is 0. The minimum absolute atomic E-state index is 0.0761. The van der Waals surface area contributed by atoms with Gasteiger partial charge in [0.15, 0.2) is 7.22 Å². The molecule has 2 unspecified atom stereocenters. The highest BCUT2D eigenvalue weighted by Crippen LogP contribution is 2.48. The highest BCUT2D eigenvalue weighted by molar-refractivity contribution is 14.1. The fraction of sp³-hybridized carbons (Fsp3) is 0.455. The standard InChI is InChI=1S/C11H10Cl4I2O3/c1-4-2-5(10(16,19)8(12)13)7(18)6(3-4)11(17,20)9(14)15/h2-3,8-9,18-20H,1H3. The van der Waals surface area contributed by atoms with E-state index in [1.807, 2.05) is 0 Å². The predicted octanol–water partition coefficient (Wildman–Crippen LogP) is 4.47.